The first-order chi connectivity index (χ1) is 15.0. The number of rotatable bonds is 4. The Bertz CT molecular complexity index is 1130. The minimum Gasteiger partial charge on any atom is -0.497 e. The predicted molar refractivity (Wildman–Crippen MR) is 119 cm³/mol. The van der Waals surface area contributed by atoms with Crippen LogP contribution in [-0.2, 0) is 6.42 Å². The van der Waals surface area contributed by atoms with Gasteiger partial charge in [-0.3, -0.25) is 0 Å². The minimum absolute atomic E-state index is 0.113. The van der Waals surface area contributed by atoms with Crippen LogP contribution in [-0.4, -0.2) is 22.0 Å². The number of aliphatic hydroxyl groups excluding tert-OH is 1. The number of ether oxygens (including phenoxy) is 1. The molecule has 4 nitrogen and oxygen atoms in total. The molecule has 31 heavy (non-hydrogen) atoms. The number of aliphatic hydroxyl groups is 1. The number of allylic oxidation sites excluding steroid dienone is 1. The molecule has 160 valence electrons. The van der Waals surface area contributed by atoms with E-state index in [1.807, 2.05) is 35.1 Å². The van der Waals surface area contributed by atoms with Crippen LogP contribution in [0.25, 0.3) is 11.8 Å². The first-order valence-corrected chi connectivity index (χ1v) is 10.9. The molecule has 1 N–H and O–H groups in total. The second-order valence-electron chi connectivity index (χ2n) is 8.93. The molecule has 2 aliphatic carbocycles. The molecule has 3 atom stereocenters. The molecule has 3 aromatic rings. The van der Waals surface area contributed by atoms with Crippen LogP contribution in [0.2, 0.25) is 0 Å². The van der Waals surface area contributed by atoms with E-state index in [1.54, 1.807) is 19.2 Å². The summed E-state index contributed by atoms with van der Waals surface area (Å²) in [5.74, 6) is 0.624. The van der Waals surface area contributed by atoms with Crippen molar-refractivity contribution in [1.82, 2.24) is 9.78 Å². The van der Waals surface area contributed by atoms with E-state index in [4.69, 9.17) is 4.74 Å². The predicted octanol–water partition coefficient (Wildman–Crippen LogP) is 5.50. The highest BCUT2D eigenvalue weighted by Crippen LogP contribution is 2.54. The molecule has 0 radical (unpaired) electrons. The van der Waals surface area contributed by atoms with Crippen molar-refractivity contribution in [2.45, 2.75) is 38.7 Å². The Kier molecular flexibility index (Phi) is 4.94. The average Bonchev–Trinajstić information content (AvgIpc) is 3.19. The molecule has 5 heteroatoms. The highest BCUT2D eigenvalue weighted by molar-refractivity contribution is 5.61. The lowest BCUT2D eigenvalue weighted by Gasteiger charge is -2.47. The van der Waals surface area contributed by atoms with Crippen molar-refractivity contribution in [3.05, 3.63) is 82.9 Å². The lowest BCUT2D eigenvalue weighted by Crippen LogP contribution is -2.40. The number of fused-ring (bicyclic) bond motifs is 2. The van der Waals surface area contributed by atoms with Gasteiger partial charge in [0.15, 0.2) is 0 Å². The third kappa shape index (κ3) is 3.37. The third-order valence-corrected chi connectivity index (χ3v) is 7.16. The molecule has 1 heterocycles. The van der Waals surface area contributed by atoms with Crippen LogP contribution in [0.3, 0.4) is 0 Å². The maximum atomic E-state index is 13.4. The highest BCUT2D eigenvalue weighted by atomic mass is 19.1. The summed E-state index contributed by atoms with van der Waals surface area (Å²) in [5.41, 5.74) is 5.22. The molecular weight excluding hydrogens is 391 g/mol. The van der Waals surface area contributed by atoms with Crippen LogP contribution in [0.5, 0.6) is 5.75 Å². The smallest absolute Gasteiger partial charge is 0.123 e. The molecule has 0 amide bonds. The van der Waals surface area contributed by atoms with Gasteiger partial charge in [0.1, 0.15) is 11.6 Å². The lowest BCUT2D eigenvalue weighted by atomic mass is 9.57. The van der Waals surface area contributed by atoms with E-state index >= 15 is 0 Å². The van der Waals surface area contributed by atoms with E-state index in [0.29, 0.717) is 0 Å². The Morgan fingerprint density at radius 3 is 2.81 bits per heavy atom. The number of benzene rings is 2. The Hall–Kier alpha value is -2.92. The molecular formula is C26H27FN2O2. The summed E-state index contributed by atoms with van der Waals surface area (Å²) in [4.78, 5) is 0. The fourth-order valence-corrected chi connectivity index (χ4v) is 5.43. The van der Waals surface area contributed by atoms with Crippen LogP contribution in [0.15, 0.2) is 60.3 Å². The van der Waals surface area contributed by atoms with Crippen molar-refractivity contribution in [3.8, 4) is 11.4 Å². The zero-order valence-corrected chi connectivity index (χ0v) is 17.9. The van der Waals surface area contributed by atoms with Gasteiger partial charge >= 0.3 is 0 Å². The van der Waals surface area contributed by atoms with Gasteiger partial charge < -0.3 is 9.84 Å². The zero-order valence-electron chi connectivity index (χ0n) is 17.9. The van der Waals surface area contributed by atoms with E-state index in [0.717, 1.165) is 48.4 Å². The normalized spacial score (nSPS) is 23.5. The second kappa shape index (κ2) is 7.65. The molecule has 1 saturated carbocycles. The van der Waals surface area contributed by atoms with Crippen molar-refractivity contribution in [2.75, 3.05) is 7.11 Å². The Balaban J connectivity index is 1.51. The first-order valence-electron chi connectivity index (χ1n) is 10.9. The number of aromatic nitrogens is 2. The van der Waals surface area contributed by atoms with Crippen LogP contribution < -0.4 is 4.74 Å². The van der Waals surface area contributed by atoms with Crippen LogP contribution >= 0.6 is 0 Å². The SMILES string of the molecule is COc1cccc(C(O)[C@H]2CCCC3=Cc4c(cnn4-c4ccc(F)cc4)C[C@@]32C)c1. The van der Waals surface area contributed by atoms with E-state index < -0.39 is 6.10 Å². The van der Waals surface area contributed by atoms with Gasteiger partial charge in [0, 0.05) is 0 Å². The molecule has 1 aromatic heterocycles. The second-order valence-corrected chi connectivity index (χ2v) is 8.93. The minimum atomic E-state index is -0.558. The maximum absolute atomic E-state index is 13.4. The monoisotopic (exact) mass is 418 g/mol. The van der Waals surface area contributed by atoms with Gasteiger partial charge in [-0.05, 0) is 90.6 Å². The van der Waals surface area contributed by atoms with Crippen LogP contribution in [0.4, 0.5) is 4.39 Å². The van der Waals surface area contributed by atoms with Crippen LogP contribution in [0, 0.1) is 17.2 Å². The molecule has 0 aliphatic heterocycles. The molecule has 2 aliphatic rings. The average molecular weight is 419 g/mol. The lowest BCUT2D eigenvalue weighted by molar-refractivity contribution is 0.0216. The number of nitrogens with zero attached hydrogens (tertiary/aromatic N) is 2. The largest absolute Gasteiger partial charge is 0.497 e. The summed E-state index contributed by atoms with van der Waals surface area (Å²) < 4.78 is 20.6. The Labute approximate surface area is 182 Å². The van der Waals surface area contributed by atoms with Gasteiger partial charge in [0.25, 0.3) is 0 Å². The maximum Gasteiger partial charge on any atom is 0.123 e. The van der Waals surface area contributed by atoms with Crippen LogP contribution in [0.1, 0.15) is 49.1 Å². The van der Waals surface area contributed by atoms with Gasteiger partial charge in [-0.25, -0.2) is 9.07 Å². The van der Waals surface area contributed by atoms with Gasteiger partial charge in [0.2, 0.25) is 0 Å². The van der Waals surface area contributed by atoms with Crippen molar-refractivity contribution in [3.63, 3.8) is 0 Å². The molecule has 0 spiro atoms. The van der Waals surface area contributed by atoms with E-state index in [-0.39, 0.29) is 17.2 Å². The van der Waals surface area contributed by atoms with E-state index in [2.05, 4.69) is 18.1 Å². The van der Waals surface area contributed by atoms with Crippen molar-refractivity contribution >= 4 is 6.08 Å². The van der Waals surface area contributed by atoms with Crippen molar-refractivity contribution in [1.29, 1.82) is 0 Å². The number of methoxy groups -OCH3 is 1. The molecule has 1 fully saturated rings. The van der Waals surface area contributed by atoms with Gasteiger partial charge in [-0.2, -0.15) is 5.10 Å². The number of hydrogen-bond acceptors (Lipinski definition) is 3. The van der Waals surface area contributed by atoms with E-state index in [9.17, 15) is 9.50 Å². The third-order valence-electron chi connectivity index (χ3n) is 7.16. The standard InChI is InChI=1S/C26H27FN2O2/c1-26-15-18-16-28-29(21-11-9-20(27)10-12-21)24(18)14-19(26)6-4-8-23(26)25(30)17-5-3-7-22(13-17)31-2/h3,5,7,9-14,16,23,25,30H,4,6,8,15H2,1-2H3/t23-,25?,26+/m1/s1. The van der Waals surface area contributed by atoms with Crippen molar-refractivity contribution in [2.24, 2.45) is 11.3 Å². The summed E-state index contributed by atoms with van der Waals surface area (Å²) in [5, 5.41) is 16.0. The Morgan fingerprint density at radius 1 is 1.23 bits per heavy atom. The first kappa shape index (κ1) is 20.0. The molecule has 2 aromatic carbocycles. The van der Waals surface area contributed by atoms with Crippen molar-refractivity contribution < 1.29 is 14.2 Å². The summed E-state index contributed by atoms with van der Waals surface area (Å²) in [6.45, 7) is 2.28. The zero-order chi connectivity index (χ0) is 21.6. The molecule has 5 rings (SSSR count). The topological polar surface area (TPSA) is 47.3 Å². The van der Waals surface area contributed by atoms with Gasteiger partial charge in [-0.1, -0.05) is 24.6 Å². The summed E-state index contributed by atoms with van der Waals surface area (Å²) in [6.07, 6.45) is 7.49. The summed E-state index contributed by atoms with van der Waals surface area (Å²) in [7, 11) is 1.65. The Morgan fingerprint density at radius 2 is 2.03 bits per heavy atom. The fourth-order valence-electron chi connectivity index (χ4n) is 5.43. The molecule has 1 unspecified atom stereocenters. The van der Waals surface area contributed by atoms with Gasteiger partial charge in [0.05, 0.1) is 30.8 Å². The number of halogens is 1. The number of hydrogen-bond donors (Lipinski definition) is 1. The molecule has 0 saturated heterocycles. The highest BCUT2D eigenvalue weighted by Gasteiger charge is 2.46. The summed E-state index contributed by atoms with van der Waals surface area (Å²) >= 11 is 0. The molecule has 0 bridgehead atoms. The van der Waals surface area contributed by atoms with E-state index in [1.165, 1.54) is 23.3 Å². The quantitative estimate of drug-likeness (QED) is 0.609. The van der Waals surface area contributed by atoms with Gasteiger partial charge in [-0.15, -0.1) is 0 Å². The fraction of sp³-hybridized carbons (Fsp3) is 0.346. The summed E-state index contributed by atoms with van der Waals surface area (Å²) in [6, 6.07) is 14.2.